The molecule has 50 heavy (non-hydrogen) atoms. The highest BCUT2D eigenvalue weighted by Crippen LogP contribution is 2.22. The molecule has 0 aliphatic rings. The van der Waals surface area contributed by atoms with Crippen LogP contribution in [-0.4, -0.2) is 50.3 Å². The van der Waals surface area contributed by atoms with Crippen LogP contribution in [0, 0.1) is 11.8 Å². The first-order valence-corrected chi connectivity index (χ1v) is 16.7. The first-order chi connectivity index (χ1) is 24.2. The van der Waals surface area contributed by atoms with Gasteiger partial charge in [-0.1, -0.05) is 27.0 Å². The van der Waals surface area contributed by atoms with Gasteiger partial charge < -0.3 is 28.4 Å². The summed E-state index contributed by atoms with van der Waals surface area (Å²) >= 11 is 0. The van der Waals surface area contributed by atoms with Crippen LogP contribution in [0.15, 0.2) is 98.1 Å². The Morgan fingerprint density at radius 3 is 1.20 bits per heavy atom. The molecule has 0 amide bonds. The van der Waals surface area contributed by atoms with E-state index in [0.717, 1.165) is 50.7 Å². The molecule has 0 aliphatic carbocycles. The van der Waals surface area contributed by atoms with Crippen molar-refractivity contribution in [2.45, 2.75) is 52.4 Å². The second kappa shape index (κ2) is 21.6. The molecule has 0 fully saturated rings. The minimum Gasteiger partial charge on any atom is -0.494 e. The summed E-state index contributed by atoms with van der Waals surface area (Å²) in [6.45, 7) is 12.8. The molecule has 0 saturated carbocycles. The van der Waals surface area contributed by atoms with Gasteiger partial charge in [-0.15, -0.1) is 0 Å². The first kappa shape index (κ1) is 39.1. The third kappa shape index (κ3) is 14.8. The molecular weight excluding hydrogens is 640 g/mol. The van der Waals surface area contributed by atoms with Crippen LogP contribution in [0.3, 0.4) is 0 Å². The maximum atomic E-state index is 12.7. The van der Waals surface area contributed by atoms with Crippen LogP contribution in [0.4, 0.5) is 0 Å². The van der Waals surface area contributed by atoms with Crippen LogP contribution >= 0.6 is 0 Å². The average molecular weight is 687 g/mol. The van der Waals surface area contributed by atoms with Crippen LogP contribution < -0.4 is 18.9 Å². The molecule has 0 heterocycles. The van der Waals surface area contributed by atoms with Gasteiger partial charge in [0.05, 0.1) is 37.6 Å². The Kier molecular flexibility index (Phi) is 16.8. The molecule has 0 radical (unpaired) electrons. The molecule has 0 spiro atoms. The predicted molar refractivity (Wildman–Crippen MR) is 189 cm³/mol. The Labute approximate surface area is 294 Å². The number of esters is 4. The highest BCUT2D eigenvalue weighted by molar-refractivity contribution is 5.92. The van der Waals surface area contributed by atoms with E-state index >= 15 is 0 Å². The minimum absolute atomic E-state index is 0.301. The lowest BCUT2D eigenvalue weighted by Gasteiger charge is -2.13. The van der Waals surface area contributed by atoms with Gasteiger partial charge in [0.2, 0.25) is 0 Å². The number of carbonyl (C=O) groups excluding carboxylic acids is 4. The maximum absolute atomic E-state index is 12.7. The van der Waals surface area contributed by atoms with E-state index in [0.29, 0.717) is 72.4 Å². The SMILES string of the molecule is C=CC(=O)OCCC[C@H](C)CCOc1ccc(C(=O)Oc2ccc(OC(=O)c3ccc(OCC[C@@H](C)CCCOC(=O)C=C)cc3)cc2)cc1. The largest absolute Gasteiger partial charge is 0.494 e. The fraction of sp³-hybridized carbons (Fsp3) is 0.350. The van der Waals surface area contributed by atoms with E-state index in [1.165, 1.54) is 0 Å². The van der Waals surface area contributed by atoms with Crippen molar-refractivity contribution in [1.29, 1.82) is 0 Å². The monoisotopic (exact) mass is 686 g/mol. The van der Waals surface area contributed by atoms with Gasteiger partial charge in [0.15, 0.2) is 0 Å². The minimum atomic E-state index is -0.532. The molecule has 0 bridgehead atoms. The molecule has 3 aromatic carbocycles. The second-order valence-corrected chi connectivity index (χ2v) is 11.8. The molecule has 266 valence electrons. The van der Waals surface area contributed by atoms with E-state index in [-0.39, 0.29) is 0 Å². The van der Waals surface area contributed by atoms with Crippen LogP contribution in [0.1, 0.15) is 73.1 Å². The van der Waals surface area contributed by atoms with Gasteiger partial charge in [-0.25, -0.2) is 19.2 Å². The van der Waals surface area contributed by atoms with Crippen LogP contribution in [-0.2, 0) is 19.1 Å². The van der Waals surface area contributed by atoms with E-state index in [9.17, 15) is 19.2 Å². The zero-order chi connectivity index (χ0) is 36.1. The highest BCUT2D eigenvalue weighted by Gasteiger charge is 2.13. The van der Waals surface area contributed by atoms with Crippen molar-refractivity contribution in [1.82, 2.24) is 0 Å². The summed E-state index contributed by atoms with van der Waals surface area (Å²) in [4.78, 5) is 47.5. The summed E-state index contributed by atoms with van der Waals surface area (Å²) in [5.74, 6) is 0.815. The fourth-order valence-corrected chi connectivity index (χ4v) is 4.65. The summed E-state index contributed by atoms with van der Waals surface area (Å²) in [5, 5.41) is 0. The summed E-state index contributed by atoms with van der Waals surface area (Å²) in [5.41, 5.74) is 0.724. The Morgan fingerprint density at radius 2 is 0.860 bits per heavy atom. The number of hydrogen-bond acceptors (Lipinski definition) is 10. The molecule has 0 N–H and O–H groups in total. The van der Waals surface area contributed by atoms with Gasteiger partial charge in [-0.05, 0) is 123 Å². The Hall–Kier alpha value is -5.38. The second-order valence-electron chi connectivity index (χ2n) is 11.8. The van der Waals surface area contributed by atoms with E-state index < -0.39 is 23.9 Å². The Morgan fingerprint density at radius 1 is 0.520 bits per heavy atom. The standard InChI is InChI=1S/C40H46O10/c1-5-37(41)47-25-7-9-29(3)23-27-45-33-15-11-31(12-16-33)39(43)49-35-19-21-36(22-20-35)50-40(44)32-13-17-34(18-14-32)46-28-24-30(4)10-8-26-48-38(42)6-2/h5-6,11-22,29-30H,1-2,7-10,23-28H2,3-4H3/t29-,30-/m0/s1. The molecular formula is C40H46O10. The normalized spacial score (nSPS) is 11.7. The zero-order valence-electron chi connectivity index (χ0n) is 28.8. The number of carbonyl (C=O) groups is 4. The van der Waals surface area contributed by atoms with Crippen molar-refractivity contribution < 1.29 is 47.6 Å². The lowest BCUT2D eigenvalue weighted by atomic mass is 10.0. The highest BCUT2D eigenvalue weighted by atomic mass is 16.5. The van der Waals surface area contributed by atoms with Crippen molar-refractivity contribution in [3.63, 3.8) is 0 Å². The van der Waals surface area contributed by atoms with Crippen LogP contribution in [0.5, 0.6) is 23.0 Å². The Balaban J connectivity index is 1.34. The molecule has 3 rings (SSSR count). The lowest BCUT2D eigenvalue weighted by Crippen LogP contribution is -2.10. The van der Waals surface area contributed by atoms with Crippen molar-refractivity contribution in [2.24, 2.45) is 11.8 Å². The summed E-state index contributed by atoms with van der Waals surface area (Å²) < 4.78 is 32.5. The third-order valence-electron chi connectivity index (χ3n) is 7.69. The van der Waals surface area contributed by atoms with Crippen LogP contribution in [0.2, 0.25) is 0 Å². The van der Waals surface area contributed by atoms with Gasteiger partial charge in [-0.2, -0.15) is 0 Å². The van der Waals surface area contributed by atoms with Gasteiger partial charge >= 0.3 is 23.9 Å². The van der Waals surface area contributed by atoms with E-state index in [1.807, 2.05) is 0 Å². The molecule has 3 aromatic rings. The first-order valence-electron chi connectivity index (χ1n) is 16.7. The summed E-state index contributed by atoms with van der Waals surface area (Å²) in [6, 6.07) is 19.6. The summed E-state index contributed by atoms with van der Waals surface area (Å²) in [7, 11) is 0. The molecule has 0 aromatic heterocycles. The van der Waals surface area contributed by atoms with Crippen molar-refractivity contribution in [3.05, 3.63) is 109 Å². The van der Waals surface area contributed by atoms with Crippen molar-refractivity contribution in [3.8, 4) is 23.0 Å². The third-order valence-corrected chi connectivity index (χ3v) is 7.69. The number of rotatable bonds is 22. The lowest BCUT2D eigenvalue weighted by molar-refractivity contribution is -0.138. The smallest absolute Gasteiger partial charge is 0.343 e. The van der Waals surface area contributed by atoms with Crippen LogP contribution in [0.25, 0.3) is 0 Å². The van der Waals surface area contributed by atoms with E-state index in [1.54, 1.807) is 72.8 Å². The van der Waals surface area contributed by atoms with Crippen molar-refractivity contribution >= 4 is 23.9 Å². The molecule has 10 heteroatoms. The van der Waals surface area contributed by atoms with Crippen molar-refractivity contribution in [2.75, 3.05) is 26.4 Å². The molecule has 10 nitrogen and oxygen atoms in total. The molecule has 0 unspecified atom stereocenters. The molecule has 0 saturated heterocycles. The van der Waals surface area contributed by atoms with E-state index in [4.69, 9.17) is 28.4 Å². The Bertz CT molecular complexity index is 1410. The summed E-state index contributed by atoms with van der Waals surface area (Å²) in [6.07, 6.45) is 7.37. The predicted octanol–water partition coefficient (Wildman–Crippen LogP) is 7.95. The molecule has 2 atom stereocenters. The van der Waals surface area contributed by atoms with Gasteiger partial charge in [0.1, 0.15) is 23.0 Å². The number of benzene rings is 3. The maximum Gasteiger partial charge on any atom is 0.343 e. The average Bonchev–Trinajstić information content (AvgIpc) is 3.13. The van der Waals surface area contributed by atoms with Gasteiger partial charge in [-0.3, -0.25) is 0 Å². The fourth-order valence-electron chi connectivity index (χ4n) is 4.65. The quantitative estimate of drug-likeness (QED) is 0.0445. The zero-order valence-corrected chi connectivity index (χ0v) is 28.8. The number of ether oxygens (including phenoxy) is 6. The van der Waals surface area contributed by atoms with Gasteiger partial charge in [0, 0.05) is 12.2 Å². The number of hydrogen-bond donors (Lipinski definition) is 0. The van der Waals surface area contributed by atoms with E-state index in [2.05, 4.69) is 27.0 Å². The molecule has 0 aliphatic heterocycles. The van der Waals surface area contributed by atoms with Gasteiger partial charge in [0.25, 0.3) is 0 Å². The topological polar surface area (TPSA) is 124 Å².